The van der Waals surface area contributed by atoms with E-state index in [1.807, 2.05) is 25.6 Å². The van der Waals surface area contributed by atoms with Crippen LogP contribution in [0.5, 0.6) is 0 Å². The van der Waals surface area contributed by atoms with E-state index in [1.165, 1.54) is 9.77 Å². The predicted molar refractivity (Wildman–Crippen MR) is 76.2 cm³/mol. The molecule has 0 saturated carbocycles. The van der Waals surface area contributed by atoms with Crippen molar-refractivity contribution in [3.05, 3.63) is 17.0 Å². The maximum Gasteiger partial charge on any atom is 0.322 e. The van der Waals surface area contributed by atoms with Gasteiger partial charge in [-0.25, -0.2) is 0 Å². The highest BCUT2D eigenvalue weighted by molar-refractivity contribution is 8.01. The van der Waals surface area contributed by atoms with Crippen LogP contribution in [-0.4, -0.2) is 23.9 Å². The largest absolute Gasteiger partial charge is 0.465 e. The standard InChI is InChI=1S/C13H19NO2S2/c1-4-16-12(15)9(3)14-11-7-8(2)18-13-10(11)5-6-17-13/h5-6,8-9,11,14H,4,7H2,1-3H3/t8-,9?,11?/m0/s1. The van der Waals surface area contributed by atoms with Crippen molar-refractivity contribution in [3.8, 4) is 0 Å². The number of thiophene rings is 1. The number of fused-ring (bicyclic) bond motifs is 1. The van der Waals surface area contributed by atoms with Crippen LogP contribution in [0.2, 0.25) is 0 Å². The summed E-state index contributed by atoms with van der Waals surface area (Å²) in [7, 11) is 0. The Labute approximate surface area is 116 Å². The van der Waals surface area contributed by atoms with Crippen molar-refractivity contribution in [1.82, 2.24) is 5.32 Å². The van der Waals surface area contributed by atoms with E-state index in [0.29, 0.717) is 11.9 Å². The molecule has 5 heteroatoms. The van der Waals surface area contributed by atoms with Gasteiger partial charge >= 0.3 is 5.97 Å². The number of hydrogen-bond acceptors (Lipinski definition) is 5. The molecular formula is C13H19NO2S2. The molecule has 0 saturated heterocycles. The molecule has 100 valence electrons. The summed E-state index contributed by atoms with van der Waals surface area (Å²) in [6.07, 6.45) is 1.05. The van der Waals surface area contributed by atoms with Gasteiger partial charge in [-0.05, 0) is 37.3 Å². The maximum absolute atomic E-state index is 11.7. The number of thioether (sulfide) groups is 1. The van der Waals surface area contributed by atoms with Crippen LogP contribution in [0.4, 0.5) is 0 Å². The third kappa shape index (κ3) is 3.08. The van der Waals surface area contributed by atoms with E-state index in [9.17, 15) is 4.79 Å². The molecule has 18 heavy (non-hydrogen) atoms. The Morgan fingerprint density at radius 2 is 2.44 bits per heavy atom. The normalized spacial score (nSPS) is 24.4. The van der Waals surface area contributed by atoms with Crippen LogP contribution in [0.15, 0.2) is 15.7 Å². The zero-order chi connectivity index (χ0) is 13.1. The molecule has 1 aliphatic rings. The fourth-order valence-electron chi connectivity index (χ4n) is 2.14. The van der Waals surface area contributed by atoms with Crippen LogP contribution in [0, 0.1) is 0 Å². The van der Waals surface area contributed by atoms with Crippen LogP contribution in [0.3, 0.4) is 0 Å². The lowest BCUT2D eigenvalue weighted by Gasteiger charge is -2.29. The Kier molecular flexibility index (Phi) is 4.70. The molecule has 0 bridgehead atoms. The van der Waals surface area contributed by atoms with Crippen LogP contribution >= 0.6 is 23.1 Å². The molecule has 0 aromatic carbocycles. The molecular weight excluding hydrogens is 266 g/mol. The maximum atomic E-state index is 11.7. The van der Waals surface area contributed by atoms with Crippen molar-refractivity contribution in [2.45, 2.75) is 48.7 Å². The van der Waals surface area contributed by atoms with Gasteiger partial charge in [-0.1, -0.05) is 6.92 Å². The summed E-state index contributed by atoms with van der Waals surface area (Å²) in [5.41, 5.74) is 1.33. The zero-order valence-corrected chi connectivity index (χ0v) is 12.6. The van der Waals surface area contributed by atoms with Crippen molar-refractivity contribution in [2.75, 3.05) is 6.61 Å². The summed E-state index contributed by atoms with van der Waals surface area (Å²) < 4.78 is 6.41. The topological polar surface area (TPSA) is 38.3 Å². The Balaban J connectivity index is 2.04. The van der Waals surface area contributed by atoms with Gasteiger partial charge in [0.2, 0.25) is 0 Å². The minimum absolute atomic E-state index is 0.167. The highest BCUT2D eigenvalue weighted by Gasteiger charge is 2.28. The third-order valence-corrected chi connectivity index (χ3v) is 5.34. The average Bonchev–Trinajstić information content (AvgIpc) is 2.77. The summed E-state index contributed by atoms with van der Waals surface area (Å²) in [5.74, 6) is -0.167. The van der Waals surface area contributed by atoms with Crippen molar-refractivity contribution in [1.29, 1.82) is 0 Å². The van der Waals surface area contributed by atoms with E-state index >= 15 is 0 Å². The lowest BCUT2D eigenvalue weighted by Crippen LogP contribution is -2.39. The molecule has 2 rings (SSSR count). The molecule has 0 fully saturated rings. The SMILES string of the molecule is CCOC(=O)C(C)NC1C[C@H](C)Sc2sccc21. The first-order chi connectivity index (χ1) is 8.61. The van der Waals surface area contributed by atoms with E-state index in [2.05, 4.69) is 23.7 Å². The number of ether oxygens (including phenoxy) is 1. The molecule has 1 aromatic heterocycles. The predicted octanol–water partition coefficient (Wildman–Crippen LogP) is 3.21. The van der Waals surface area contributed by atoms with Gasteiger partial charge in [-0.2, -0.15) is 0 Å². The van der Waals surface area contributed by atoms with Crippen LogP contribution in [-0.2, 0) is 9.53 Å². The summed E-state index contributed by atoms with van der Waals surface area (Å²) >= 11 is 3.72. The highest BCUT2D eigenvalue weighted by atomic mass is 32.2. The van der Waals surface area contributed by atoms with Crippen LogP contribution in [0.1, 0.15) is 38.8 Å². The van der Waals surface area contributed by atoms with Crippen molar-refractivity contribution < 1.29 is 9.53 Å². The molecule has 1 aliphatic heterocycles. The molecule has 0 spiro atoms. The second-order valence-electron chi connectivity index (χ2n) is 4.52. The number of carbonyl (C=O) groups is 1. The van der Waals surface area contributed by atoms with Crippen molar-refractivity contribution in [2.24, 2.45) is 0 Å². The molecule has 0 amide bonds. The smallest absolute Gasteiger partial charge is 0.322 e. The van der Waals surface area contributed by atoms with Gasteiger partial charge in [0.1, 0.15) is 6.04 Å². The quantitative estimate of drug-likeness (QED) is 0.862. The van der Waals surface area contributed by atoms with E-state index in [-0.39, 0.29) is 18.1 Å². The number of hydrogen-bond donors (Lipinski definition) is 1. The Morgan fingerprint density at radius 3 is 3.17 bits per heavy atom. The van der Waals surface area contributed by atoms with Gasteiger partial charge in [-0.15, -0.1) is 23.1 Å². The Morgan fingerprint density at radius 1 is 1.67 bits per heavy atom. The fourth-order valence-corrected chi connectivity index (χ4v) is 4.71. The van der Waals surface area contributed by atoms with Crippen molar-refractivity contribution >= 4 is 29.1 Å². The highest BCUT2D eigenvalue weighted by Crippen LogP contribution is 2.43. The summed E-state index contributed by atoms with van der Waals surface area (Å²) in [6.45, 7) is 6.37. The molecule has 3 atom stereocenters. The van der Waals surface area contributed by atoms with Crippen LogP contribution < -0.4 is 5.32 Å². The van der Waals surface area contributed by atoms with Crippen LogP contribution in [0.25, 0.3) is 0 Å². The second kappa shape index (κ2) is 6.08. The first-order valence-electron chi connectivity index (χ1n) is 6.28. The fraction of sp³-hybridized carbons (Fsp3) is 0.615. The minimum Gasteiger partial charge on any atom is -0.465 e. The first-order valence-corrected chi connectivity index (χ1v) is 8.04. The molecule has 0 radical (unpaired) electrons. The monoisotopic (exact) mass is 285 g/mol. The summed E-state index contributed by atoms with van der Waals surface area (Å²) in [5, 5.41) is 6.11. The summed E-state index contributed by atoms with van der Waals surface area (Å²) in [4.78, 5) is 11.7. The Hall–Kier alpha value is -0.520. The third-order valence-electron chi connectivity index (χ3n) is 3.00. The lowest BCUT2D eigenvalue weighted by molar-refractivity contribution is -0.145. The molecule has 1 aromatic rings. The first kappa shape index (κ1) is 13.9. The molecule has 0 aliphatic carbocycles. The van der Waals surface area contributed by atoms with Gasteiger partial charge in [0.05, 0.1) is 10.8 Å². The van der Waals surface area contributed by atoms with Gasteiger partial charge < -0.3 is 4.74 Å². The molecule has 3 nitrogen and oxygen atoms in total. The van der Waals surface area contributed by atoms with Crippen molar-refractivity contribution in [3.63, 3.8) is 0 Å². The minimum atomic E-state index is -0.252. The molecule has 2 heterocycles. The zero-order valence-electron chi connectivity index (χ0n) is 10.9. The molecule has 1 N–H and O–H groups in total. The van der Waals surface area contributed by atoms with E-state index in [4.69, 9.17) is 4.74 Å². The number of esters is 1. The van der Waals surface area contributed by atoms with Gasteiger partial charge in [0, 0.05) is 11.3 Å². The number of nitrogens with one attached hydrogen (secondary N) is 1. The Bertz CT molecular complexity index is 419. The number of carbonyl (C=O) groups excluding carboxylic acids is 1. The van der Waals surface area contributed by atoms with Gasteiger partial charge in [0.15, 0.2) is 0 Å². The van der Waals surface area contributed by atoms with E-state index < -0.39 is 0 Å². The molecule has 2 unspecified atom stereocenters. The van der Waals surface area contributed by atoms with E-state index in [1.54, 1.807) is 11.3 Å². The number of rotatable bonds is 4. The second-order valence-corrected chi connectivity index (χ2v) is 7.14. The van der Waals surface area contributed by atoms with E-state index in [0.717, 1.165) is 6.42 Å². The summed E-state index contributed by atoms with van der Waals surface area (Å²) in [6, 6.07) is 2.17. The van der Waals surface area contributed by atoms with Gasteiger partial charge in [-0.3, -0.25) is 10.1 Å². The average molecular weight is 285 g/mol. The lowest BCUT2D eigenvalue weighted by atomic mass is 10.0. The van der Waals surface area contributed by atoms with Gasteiger partial charge in [0.25, 0.3) is 0 Å².